The number of carbonyl (C=O) groups excluding carboxylic acids is 1. The number of aromatic nitrogens is 2. The fraction of sp³-hybridized carbons (Fsp3) is 0. The van der Waals surface area contributed by atoms with Gasteiger partial charge in [0.25, 0.3) is 0 Å². The second kappa shape index (κ2) is 13.8. The number of ketones is 1. The molecule has 6 aromatic carbocycles. The predicted molar refractivity (Wildman–Crippen MR) is 205 cm³/mol. The molecule has 3 heteroatoms. The van der Waals surface area contributed by atoms with Crippen LogP contribution in [0.25, 0.3) is 67.0 Å². The van der Waals surface area contributed by atoms with Gasteiger partial charge in [-0.25, -0.2) is 9.97 Å². The van der Waals surface area contributed by atoms with E-state index in [1.165, 1.54) is 0 Å². The lowest BCUT2D eigenvalue weighted by Gasteiger charge is -2.12. The van der Waals surface area contributed by atoms with Gasteiger partial charge in [0.1, 0.15) is 11.4 Å². The summed E-state index contributed by atoms with van der Waals surface area (Å²) in [6, 6.07) is 47.3. The minimum Gasteiger partial charge on any atom is -0.285 e. The summed E-state index contributed by atoms with van der Waals surface area (Å²) in [6.07, 6.45) is 0. The number of hydrogen-bond acceptors (Lipinski definition) is 3. The summed E-state index contributed by atoms with van der Waals surface area (Å²) in [5.41, 5.74) is 6.99. The van der Waals surface area contributed by atoms with Crippen LogP contribution in [0.5, 0.6) is 0 Å². The quantitative estimate of drug-likeness (QED) is 0.154. The largest absolute Gasteiger partial charge is 0.285 e. The number of hydrogen-bond donors (Lipinski definition) is 0. The Balaban J connectivity index is 1.29. The highest BCUT2D eigenvalue weighted by Gasteiger charge is 2.16. The van der Waals surface area contributed by atoms with Gasteiger partial charge in [-0.2, -0.15) is 0 Å². The van der Waals surface area contributed by atoms with E-state index in [9.17, 15) is 4.79 Å². The first-order valence-corrected chi connectivity index (χ1v) is 16.2. The Labute approximate surface area is 300 Å². The van der Waals surface area contributed by atoms with Gasteiger partial charge in [-0.1, -0.05) is 133 Å². The number of nitrogens with zero attached hydrogens (tertiary/aromatic N) is 2. The minimum atomic E-state index is -0.950. The molecule has 2 aromatic heterocycles. The zero-order chi connectivity index (χ0) is 38.9. The molecule has 0 amide bonds. The van der Waals surface area contributed by atoms with Crippen LogP contribution in [0.2, 0.25) is 0 Å². The summed E-state index contributed by atoms with van der Waals surface area (Å²) in [5, 5.41) is 0. The third kappa shape index (κ3) is 6.53. The molecule has 0 aliphatic carbocycles. The first-order valence-electron chi connectivity index (χ1n) is 19.2. The molecule has 236 valence electrons. The second-order valence-corrected chi connectivity index (χ2v) is 11.8. The zero-order valence-electron chi connectivity index (χ0n) is 32.8. The fourth-order valence-electron chi connectivity index (χ4n) is 5.95. The van der Waals surface area contributed by atoms with E-state index in [1.54, 1.807) is 0 Å². The molecular weight excluding hydrogens is 609 g/mol. The molecule has 50 heavy (non-hydrogen) atoms. The maximum absolute atomic E-state index is 14.5. The lowest BCUT2D eigenvalue weighted by molar-refractivity contribution is 0.103. The van der Waals surface area contributed by atoms with Gasteiger partial charge in [0, 0.05) is 11.1 Å². The van der Waals surface area contributed by atoms with Gasteiger partial charge in [-0.3, -0.25) is 4.79 Å². The van der Waals surface area contributed by atoms with Gasteiger partial charge in [0.2, 0.25) is 5.78 Å². The molecule has 0 aliphatic heterocycles. The lowest BCUT2D eigenvalue weighted by Crippen LogP contribution is -2.07. The van der Waals surface area contributed by atoms with E-state index in [-0.39, 0.29) is 23.5 Å². The van der Waals surface area contributed by atoms with Crippen molar-refractivity contribution in [2.75, 3.05) is 0 Å². The summed E-state index contributed by atoms with van der Waals surface area (Å²) in [6.45, 7) is 0. The molecular formula is C47H32N2O. The Morgan fingerprint density at radius 1 is 0.360 bits per heavy atom. The van der Waals surface area contributed by atoms with Gasteiger partial charge < -0.3 is 0 Å². The van der Waals surface area contributed by atoms with Crippen molar-refractivity contribution in [3.63, 3.8) is 0 Å². The fourth-order valence-corrected chi connectivity index (χ4v) is 5.95. The molecule has 0 fully saturated rings. The maximum Gasteiger partial charge on any atom is 0.229 e. The Hall–Kier alpha value is -6.71. The molecule has 0 unspecified atom stereocenters. The third-order valence-corrected chi connectivity index (χ3v) is 8.44. The summed E-state index contributed by atoms with van der Waals surface area (Å²) in [7, 11) is 0. The Morgan fingerprint density at radius 3 is 0.940 bits per heavy atom. The number of benzene rings is 6. The van der Waals surface area contributed by atoms with E-state index in [0.717, 1.165) is 44.5 Å². The minimum absolute atomic E-state index is 0.0161. The molecule has 0 saturated carbocycles. The molecule has 0 saturated heterocycles. The van der Waals surface area contributed by atoms with Crippen LogP contribution >= 0.6 is 0 Å². The van der Waals surface area contributed by atoms with Crippen molar-refractivity contribution in [2.24, 2.45) is 0 Å². The van der Waals surface area contributed by atoms with Crippen LogP contribution in [0.15, 0.2) is 194 Å². The van der Waals surface area contributed by atoms with Crippen molar-refractivity contribution < 1.29 is 13.0 Å². The Morgan fingerprint density at radius 2 is 0.640 bits per heavy atom. The van der Waals surface area contributed by atoms with Gasteiger partial charge in [0.05, 0.1) is 19.6 Å². The maximum atomic E-state index is 14.5. The van der Waals surface area contributed by atoms with E-state index < -0.39 is 41.3 Å². The smallest absolute Gasteiger partial charge is 0.229 e. The topological polar surface area (TPSA) is 42.9 Å². The van der Waals surface area contributed by atoms with Crippen LogP contribution in [0.3, 0.4) is 0 Å². The third-order valence-electron chi connectivity index (χ3n) is 8.44. The number of carbonyl (C=O) groups is 1. The normalized spacial score (nSPS) is 12.6. The van der Waals surface area contributed by atoms with Crippen molar-refractivity contribution in [3.8, 4) is 67.0 Å². The van der Waals surface area contributed by atoms with Gasteiger partial charge >= 0.3 is 0 Å². The first-order chi connectivity index (χ1) is 27.2. The van der Waals surface area contributed by atoms with E-state index in [4.69, 9.17) is 8.22 Å². The molecule has 0 N–H and O–H groups in total. The zero-order valence-corrected chi connectivity index (χ0v) is 26.8. The van der Waals surface area contributed by atoms with Crippen LogP contribution in [-0.4, -0.2) is 15.8 Å². The van der Waals surface area contributed by atoms with Gasteiger partial charge in [-0.05, 0) is 105 Å². The van der Waals surface area contributed by atoms with E-state index in [1.807, 2.05) is 158 Å². The monoisotopic (exact) mass is 646 g/mol. The predicted octanol–water partition coefficient (Wildman–Crippen LogP) is 11.7. The second-order valence-electron chi connectivity index (χ2n) is 11.8. The van der Waals surface area contributed by atoms with Crippen molar-refractivity contribution in [3.05, 3.63) is 205 Å². The molecule has 0 atom stereocenters. The van der Waals surface area contributed by atoms with Crippen LogP contribution in [0.1, 0.15) is 24.4 Å². The van der Waals surface area contributed by atoms with Crippen LogP contribution in [0, 0.1) is 0 Å². The molecule has 3 nitrogen and oxygen atoms in total. The van der Waals surface area contributed by atoms with E-state index >= 15 is 0 Å². The van der Waals surface area contributed by atoms with Gasteiger partial charge in [0.15, 0.2) is 0 Å². The highest BCUT2D eigenvalue weighted by Crippen LogP contribution is 2.34. The molecule has 0 aliphatic rings. The molecule has 8 rings (SSSR count). The van der Waals surface area contributed by atoms with Crippen LogP contribution in [-0.2, 0) is 0 Å². The summed E-state index contributed by atoms with van der Waals surface area (Å²) in [5.74, 6) is -0.950. The highest BCUT2D eigenvalue weighted by atomic mass is 16.1. The van der Waals surface area contributed by atoms with Crippen molar-refractivity contribution in [2.45, 2.75) is 0 Å². The lowest BCUT2D eigenvalue weighted by atomic mass is 9.94. The first kappa shape index (κ1) is 24.4. The molecule has 0 spiro atoms. The SMILES string of the molecule is [2H]c1c(C(=O)c2nc(-c3cc(-c4ccccc4)cc(-c4ccccc4)c3)c([2H])c([2H])c2[2H])nc(-c2cc(-c3ccccc3)cc(-c3ccccc3)c2)c([2H])c1[2H]. The van der Waals surface area contributed by atoms with Crippen LogP contribution in [0.4, 0.5) is 0 Å². The van der Waals surface area contributed by atoms with Crippen molar-refractivity contribution in [1.29, 1.82) is 0 Å². The highest BCUT2D eigenvalue weighted by molar-refractivity contribution is 6.07. The summed E-state index contributed by atoms with van der Waals surface area (Å²) in [4.78, 5) is 23.6. The van der Waals surface area contributed by atoms with Crippen molar-refractivity contribution in [1.82, 2.24) is 9.97 Å². The van der Waals surface area contributed by atoms with E-state index in [0.29, 0.717) is 11.1 Å². The van der Waals surface area contributed by atoms with Crippen LogP contribution < -0.4 is 0 Å². The molecule has 0 bridgehead atoms. The standard InChI is InChI=1S/C47H32N2O/c50-47(45-25-13-23-43(48-45)41-29-37(33-15-5-1-6-16-33)27-38(30-41)34-17-7-2-8-18-34)46-26-14-24-44(49-46)42-31-39(35-19-9-3-10-20-35)28-40(32-42)36-21-11-4-12-22-36/h1-32H/i13D,14D,23D,24D,25D,26D. The Kier molecular flexibility index (Phi) is 6.74. The van der Waals surface area contributed by atoms with Crippen molar-refractivity contribution >= 4 is 5.78 Å². The number of rotatable bonds is 8. The molecule has 2 heterocycles. The summed E-state index contributed by atoms with van der Waals surface area (Å²) >= 11 is 0. The molecule has 0 radical (unpaired) electrons. The molecule has 8 aromatic rings. The Bertz CT molecular complexity index is 2460. The average Bonchev–Trinajstić information content (AvgIpc) is 3.25. The summed E-state index contributed by atoms with van der Waals surface area (Å²) < 4.78 is 53.0. The number of pyridine rings is 2. The van der Waals surface area contributed by atoms with E-state index in [2.05, 4.69) is 9.97 Å². The average molecular weight is 647 g/mol. The van der Waals surface area contributed by atoms with Gasteiger partial charge in [-0.15, -0.1) is 0 Å².